The molecule has 1 aliphatic rings. The lowest BCUT2D eigenvalue weighted by atomic mass is 10.1. The van der Waals surface area contributed by atoms with Crippen LogP contribution in [0.1, 0.15) is 6.23 Å². The normalized spacial score (nSPS) is 29.1. The van der Waals surface area contributed by atoms with Crippen molar-refractivity contribution in [3.05, 3.63) is 6.33 Å². The summed E-state index contributed by atoms with van der Waals surface area (Å²) in [5.41, 5.74) is 5.71. The number of anilines is 2. The number of aliphatic hydroxyl groups is 1. The average molecular weight is 573 g/mol. The van der Waals surface area contributed by atoms with Crippen molar-refractivity contribution in [2.24, 2.45) is 0 Å². The van der Waals surface area contributed by atoms with Crippen LogP contribution in [0.3, 0.4) is 0 Å². The molecule has 3 rings (SSSR count). The molecule has 1 aliphatic heterocycles. The number of imidazole rings is 1. The van der Waals surface area contributed by atoms with Crippen LogP contribution in [-0.2, 0) is 31.6 Å². The zero-order valence-corrected chi connectivity index (χ0v) is 20.0. The van der Waals surface area contributed by atoms with Gasteiger partial charge in [-0.2, -0.15) is 18.6 Å². The van der Waals surface area contributed by atoms with Crippen LogP contribution in [0.5, 0.6) is 0 Å². The highest BCUT2D eigenvalue weighted by atomic mass is 35.5. The Balaban J connectivity index is 1.79. The van der Waals surface area contributed by atoms with E-state index in [-0.39, 0.29) is 22.9 Å². The topological polar surface area (TPSA) is 271 Å². The van der Waals surface area contributed by atoms with E-state index < -0.39 is 53.6 Å². The van der Waals surface area contributed by atoms with Crippen molar-refractivity contribution in [3.8, 4) is 0 Å². The maximum absolute atomic E-state index is 15.2. The first-order valence-corrected chi connectivity index (χ1v) is 13.5. The van der Waals surface area contributed by atoms with Gasteiger partial charge in [-0.3, -0.25) is 9.09 Å². The van der Waals surface area contributed by atoms with E-state index >= 15 is 4.39 Å². The number of aromatic nitrogens is 4. The standard InChI is InChI=1S/C11H17ClFN6O12P3/c1-15-7-5-8(18-10(14)17-7)19(3-16-5)9-11(12,13)6(20)4(29-9)2-28-33(24,25)31-34(26,27)30-32(21,22)23/h3-4,6,9,20H,2H2,1H3,(H,24,25)(H,26,27)(H2,21,22,23)(H3,14,15,17,18)/t4-,6-,9-,11-/m1/s1. The average Bonchev–Trinajstić information content (AvgIpc) is 3.15. The summed E-state index contributed by atoms with van der Waals surface area (Å²) in [5.74, 6) is -0.0385. The maximum atomic E-state index is 15.2. The van der Waals surface area contributed by atoms with Crippen LogP contribution in [0.25, 0.3) is 11.2 Å². The molecule has 2 unspecified atom stereocenters. The number of hydrogen-bond acceptors (Lipinski definition) is 13. The van der Waals surface area contributed by atoms with Crippen molar-refractivity contribution < 1.29 is 60.6 Å². The van der Waals surface area contributed by atoms with Crippen molar-refractivity contribution in [2.45, 2.75) is 23.6 Å². The van der Waals surface area contributed by atoms with Gasteiger partial charge in [0.2, 0.25) is 5.95 Å². The van der Waals surface area contributed by atoms with Crippen molar-refractivity contribution in [1.82, 2.24) is 19.5 Å². The van der Waals surface area contributed by atoms with E-state index in [1.807, 2.05) is 0 Å². The van der Waals surface area contributed by atoms with Crippen molar-refractivity contribution in [1.29, 1.82) is 0 Å². The number of halogens is 2. The highest BCUT2D eigenvalue weighted by Crippen LogP contribution is 2.66. The molecule has 23 heteroatoms. The lowest BCUT2D eigenvalue weighted by molar-refractivity contribution is -0.0473. The monoisotopic (exact) mass is 572 g/mol. The summed E-state index contributed by atoms with van der Waals surface area (Å²) in [4.78, 5) is 47.6. The number of nitrogens with two attached hydrogens (primary N) is 1. The van der Waals surface area contributed by atoms with Crippen molar-refractivity contribution in [3.63, 3.8) is 0 Å². The summed E-state index contributed by atoms with van der Waals surface area (Å²) in [6.07, 6.45) is -4.74. The van der Waals surface area contributed by atoms with Crippen LogP contribution in [0.15, 0.2) is 6.33 Å². The van der Waals surface area contributed by atoms with Gasteiger partial charge in [-0.25, -0.2) is 23.1 Å². The van der Waals surface area contributed by atoms with E-state index in [9.17, 15) is 23.7 Å². The first-order chi connectivity index (χ1) is 15.5. The maximum Gasteiger partial charge on any atom is 0.490 e. The Morgan fingerprint density at radius 2 is 1.91 bits per heavy atom. The number of aliphatic hydroxyl groups excluding tert-OH is 1. The molecular weight excluding hydrogens is 556 g/mol. The highest BCUT2D eigenvalue weighted by molar-refractivity contribution is 7.66. The van der Waals surface area contributed by atoms with E-state index in [1.54, 1.807) is 0 Å². The Kier molecular flexibility index (Phi) is 7.46. The number of phosphoric ester groups is 1. The van der Waals surface area contributed by atoms with Gasteiger partial charge in [0.05, 0.1) is 12.9 Å². The van der Waals surface area contributed by atoms with Gasteiger partial charge >= 0.3 is 23.5 Å². The fraction of sp³-hybridized carbons (Fsp3) is 0.545. The zero-order chi connectivity index (χ0) is 25.7. The summed E-state index contributed by atoms with van der Waals surface area (Å²) >= 11 is 5.82. The molecule has 2 aromatic rings. The second-order valence-electron chi connectivity index (χ2n) is 6.54. The minimum atomic E-state index is -5.78. The van der Waals surface area contributed by atoms with Crippen LogP contribution >= 0.6 is 35.1 Å². The van der Waals surface area contributed by atoms with Crippen molar-refractivity contribution >= 4 is 58.0 Å². The Hall–Kier alpha value is -1.30. The molecule has 0 spiro atoms. The predicted molar refractivity (Wildman–Crippen MR) is 109 cm³/mol. The van der Waals surface area contributed by atoms with E-state index in [0.717, 1.165) is 10.9 Å². The fourth-order valence-electron chi connectivity index (χ4n) is 2.86. The third-order valence-electron chi connectivity index (χ3n) is 4.13. The largest absolute Gasteiger partial charge is 0.490 e. The molecule has 0 saturated carbocycles. The van der Waals surface area contributed by atoms with Crippen LogP contribution in [0.2, 0.25) is 0 Å². The molecule has 0 bridgehead atoms. The number of phosphoric acid groups is 3. The SMILES string of the molecule is CNc1nc(N)nc2c1ncn2[C@@H]1O[C@H](COP(=O)(O)OP(=O)(O)OP(=O)(O)O)[C@@H](O)[C@]1(F)Cl. The van der Waals surface area contributed by atoms with Gasteiger partial charge in [-0.15, -0.1) is 0 Å². The first kappa shape index (κ1) is 27.3. The van der Waals surface area contributed by atoms with E-state index in [2.05, 4.69) is 33.4 Å². The predicted octanol–water partition coefficient (Wildman–Crippen LogP) is -0.0436. The van der Waals surface area contributed by atoms with Crippen molar-refractivity contribution in [2.75, 3.05) is 24.7 Å². The Labute approximate surface area is 193 Å². The Bertz CT molecular complexity index is 1230. The number of hydrogen-bond donors (Lipinski definition) is 7. The molecule has 0 amide bonds. The third kappa shape index (κ3) is 5.91. The fourth-order valence-corrected chi connectivity index (χ4v) is 6.18. The molecule has 192 valence electrons. The van der Waals surface area contributed by atoms with Gasteiger partial charge in [0, 0.05) is 7.05 Å². The zero-order valence-electron chi connectivity index (χ0n) is 16.6. The summed E-state index contributed by atoms with van der Waals surface area (Å²) in [7, 11) is -15.4. The molecule has 8 N–H and O–H groups in total. The highest BCUT2D eigenvalue weighted by Gasteiger charge is 2.58. The van der Waals surface area contributed by atoms with Gasteiger partial charge in [-0.1, -0.05) is 11.6 Å². The molecule has 0 aliphatic carbocycles. The number of nitrogens with one attached hydrogen (secondary N) is 1. The molecular formula is C11H17ClFN6O12P3. The number of fused-ring (bicyclic) bond motifs is 1. The van der Waals surface area contributed by atoms with Gasteiger partial charge in [-0.05, 0) is 0 Å². The lowest BCUT2D eigenvalue weighted by Crippen LogP contribution is -2.38. The molecule has 34 heavy (non-hydrogen) atoms. The van der Waals surface area contributed by atoms with Crippen LogP contribution in [0.4, 0.5) is 16.2 Å². The minimum Gasteiger partial charge on any atom is -0.385 e. The quantitative estimate of drug-likeness (QED) is 0.153. The number of nitrogens with zero attached hydrogens (tertiary/aromatic N) is 4. The third-order valence-corrected chi connectivity index (χ3v) is 8.34. The van der Waals surface area contributed by atoms with Gasteiger partial charge in [0.15, 0.2) is 23.2 Å². The molecule has 0 radical (unpaired) electrons. The Morgan fingerprint density at radius 1 is 1.26 bits per heavy atom. The van der Waals surface area contributed by atoms with Crippen LogP contribution in [0, 0.1) is 0 Å². The lowest BCUT2D eigenvalue weighted by Gasteiger charge is -2.22. The summed E-state index contributed by atoms with van der Waals surface area (Å²) < 4.78 is 66.9. The van der Waals surface area contributed by atoms with Gasteiger partial charge in [0.1, 0.15) is 12.2 Å². The summed E-state index contributed by atoms with van der Waals surface area (Å²) in [5, 5.41) is 9.87. The second-order valence-corrected chi connectivity index (χ2v) is 11.5. The molecule has 2 aromatic heterocycles. The molecule has 0 aromatic carbocycles. The number of nitrogen functional groups attached to an aromatic ring is 1. The Morgan fingerprint density at radius 3 is 2.50 bits per heavy atom. The smallest absolute Gasteiger partial charge is 0.385 e. The molecule has 3 heterocycles. The number of alkyl halides is 2. The molecule has 1 fully saturated rings. The van der Waals surface area contributed by atoms with E-state index in [4.69, 9.17) is 36.8 Å². The molecule has 1 saturated heterocycles. The van der Waals surface area contributed by atoms with Gasteiger partial charge < -0.3 is 40.5 Å². The molecule has 6 atom stereocenters. The first-order valence-electron chi connectivity index (χ1n) is 8.63. The minimum absolute atomic E-state index is 0.0507. The number of ether oxygens (including phenoxy) is 1. The van der Waals surface area contributed by atoms with E-state index in [1.165, 1.54) is 7.05 Å². The summed E-state index contributed by atoms with van der Waals surface area (Å²) in [6.45, 7) is -1.15. The van der Waals surface area contributed by atoms with Crippen LogP contribution in [-0.4, -0.2) is 75.2 Å². The van der Waals surface area contributed by atoms with Gasteiger partial charge in [0.25, 0.3) is 5.13 Å². The molecule has 18 nitrogen and oxygen atoms in total. The van der Waals surface area contributed by atoms with E-state index in [0.29, 0.717) is 0 Å². The second kappa shape index (κ2) is 9.29. The number of rotatable bonds is 9. The summed E-state index contributed by atoms with van der Waals surface area (Å²) in [6, 6.07) is 0. The van der Waals surface area contributed by atoms with Crippen LogP contribution < -0.4 is 11.1 Å².